The van der Waals surface area contributed by atoms with Crippen molar-refractivity contribution in [1.82, 2.24) is 9.47 Å². The zero-order valence-corrected chi connectivity index (χ0v) is 20.2. The minimum absolute atomic E-state index is 0.0875. The van der Waals surface area contributed by atoms with Crippen LogP contribution in [0.3, 0.4) is 0 Å². The summed E-state index contributed by atoms with van der Waals surface area (Å²) in [5.74, 6) is -0.818. The number of ether oxygens (including phenoxy) is 1. The maximum absolute atomic E-state index is 14.0. The van der Waals surface area contributed by atoms with Crippen molar-refractivity contribution < 1.29 is 14.3 Å². The molecule has 1 aliphatic rings. The first kappa shape index (κ1) is 22.9. The highest BCUT2D eigenvalue weighted by Gasteiger charge is 2.45. The molecule has 2 unspecified atom stereocenters. The predicted octanol–water partition coefficient (Wildman–Crippen LogP) is 5.05. The Morgan fingerprint density at radius 2 is 1.69 bits per heavy atom. The molecular weight excluding hydrogens is 438 g/mol. The lowest BCUT2D eigenvalue weighted by Gasteiger charge is -2.41. The number of para-hydroxylation sites is 2. The first-order valence-corrected chi connectivity index (χ1v) is 11.8. The van der Waals surface area contributed by atoms with Gasteiger partial charge in [-0.3, -0.25) is 9.59 Å². The van der Waals surface area contributed by atoms with Gasteiger partial charge < -0.3 is 19.5 Å². The Labute approximate surface area is 205 Å². The number of benzene rings is 3. The highest BCUT2D eigenvalue weighted by Crippen LogP contribution is 2.45. The van der Waals surface area contributed by atoms with E-state index in [-0.39, 0.29) is 11.8 Å². The topological polar surface area (TPSA) is 63.6 Å². The monoisotopic (exact) mass is 467 g/mol. The fourth-order valence-corrected chi connectivity index (χ4v) is 5.19. The van der Waals surface area contributed by atoms with Crippen LogP contribution in [-0.2, 0) is 16.6 Å². The summed E-state index contributed by atoms with van der Waals surface area (Å²) in [6.45, 7) is 2.73. The number of fused-ring (bicyclic) bond motifs is 2. The van der Waals surface area contributed by atoms with Gasteiger partial charge in [0.25, 0.3) is 5.91 Å². The van der Waals surface area contributed by atoms with Crippen molar-refractivity contribution in [3.63, 3.8) is 0 Å². The van der Waals surface area contributed by atoms with Gasteiger partial charge in [-0.25, -0.2) is 0 Å². The van der Waals surface area contributed by atoms with E-state index in [0.29, 0.717) is 18.7 Å². The largest absolute Gasteiger partial charge is 0.383 e. The van der Waals surface area contributed by atoms with Gasteiger partial charge in [0.05, 0.1) is 18.6 Å². The van der Waals surface area contributed by atoms with E-state index in [2.05, 4.69) is 22.0 Å². The van der Waals surface area contributed by atoms with Crippen molar-refractivity contribution in [2.24, 2.45) is 7.05 Å². The van der Waals surface area contributed by atoms with Crippen LogP contribution in [0, 0.1) is 6.92 Å². The van der Waals surface area contributed by atoms with Crippen molar-refractivity contribution in [2.45, 2.75) is 18.9 Å². The third-order valence-electron chi connectivity index (χ3n) is 6.91. The second-order valence-electron chi connectivity index (χ2n) is 9.02. The van der Waals surface area contributed by atoms with Crippen LogP contribution in [0.2, 0.25) is 0 Å². The summed E-state index contributed by atoms with van der Waals surface area (Å²) in [5, 5.41) is 4.18. The van der Waals surface area contributed by atoms with E-state index in [1.54, 1.807) is 12.0 Å². The Bertz CT molecular complexity index is 1410. The van der Waals surface area contributed by atoms with Crippen molar-refractivity contribution in [1.29, 1.82) is 0 Å². The minimum atomic E-state index is -0.592. The summed E-state index contributed by atoms with van der Waals surface area (Å²) in [6.07, 6.45) is 2.05. The lowest BCUT2D eigenvalue weighted by Crippen LogP contribution is -2.47. The number of anilines is 1. The van der Waals surface area contributed by atoms with E-state index in [1.807, 2.05) is 80.8 Å². The van der Waals surface area contributed by atoms with Gasteiger partial charge in [-0.2, -0.15) is 0 Å². The lowest BCUT2D eigenvalue weighted by molar-refractivity contribution is -0.119. The number of nitrogens with one attached hydrogen (secondary N) is 1. The van der Waals surface area contributed by atoms with Gasteiger partial charge in [0.1, 0.15) is 0 Å². The summed E-state index contributed by atoms with van der Waals surface area (Å²) in [4.78, 5) is 29.6. The van der Waals surface area contributed by atoms with Crippen molar-refractivity contribution in [3.8, 4) is 0 Å². The Balaban J connectivity index is 1.71. The average Bonchev–Trinajstić information content (AvgIpc) is 3.21. The van der Waals surface area contributed by atoms with Crippen LogP contribution in [0.1, 0.15) is 39.0 Å². The molecule has 35 heavy (non-hydrogen) atoms. The van der Waals surface area contributed by atoms with Gasteiger partial charge in [0, 0.05) is 54.6 Å². The summed E-state index contributed by atoms with van der Waals surface area (Å²) in [6, 6.07) is 22.8. The number of rotatable bonds is 6. The molecule has 0 saturated carbocycles. The zero-order chi connectivity index (χ0) is 24.5. The normalized spacial score (nSPS) is 17.5. The molecule has 1 N–H and O–H groups in total. The highest BCUT2D eigenvalue weighted by molar-refractivity contribution is 6.05. The van der Waals surface area contributed by atoms with Crippen LogP contribution < -0.4 is 5.32 Å². The summed E-state index contributed by atoms with van der Waals surface area (Å²) in [5.41, 5.74) is 5.07. The molecule has 0 radical (unpaired) electrons. The predicted molar refractivity (Wildman–Crippen MR) is 138 cm³/mol. The smallest absolute Gasteiger partial charge is 0.254 e. The van der Waals surface area contributed by atoms with Gasteiger partial charge >= 0.3 is 0 Å². The quantitative estimate of drug-likeness (QED) is 0.432. The maximum atomic E-state index is 14.0. The lowest BCUT2D eigenvalue weighted by atomic mass is 9.79. The molecular formula is C29H29N3O3. The van der Waals surface area contributed by atoms with Crippen molar-refractivity contribution in [3.05, 3.63) is 101 Å². The maximum Gasteiger partial charge on any atom is 0.254 e. The molecule has 0 aliphatic carbocycles. The number of methoxy groups -OCH3 is 1. The van der Waals surface area contributed by atoms with E-state index >= 15 is 0 Å². The number of hydrogen-bond acceptors (Lipinski definition) is 3. The van der Waals surface area contributed by atoms with Crippen molar-refractivity contribution in [2.75, 3.05) is 25.6 Å². The third-order valence-corrected chi connectivity index (χ3v) is 6.91. The van der Waals surface area contributed by atoms with Gasteiger partial charge in [-0.1, -0.05) is 54.6 Å². The molecule has 0 spiro atoms. The number of aromatic nitrogens is 1. The van der Waals surface area contributed by atoms with Gasteiger partial charge in [0.15, 0.2) is 0 Å². The number of carbonyl (C=O) groups excluding carboxylic acids is 2. The summed E-state index contributed by atoms with van der Waals surface area (Å²) in [7, 11) is 3.62. The molecule has 1 aliphatic heterocycles. The van der Waals surface area contributed by atoms with Crippen LogP contribution in [0.4, 0.5) is 5.69 Å². The molecule has 2 amide bonds. The Morgan fingerprint density at radius 1 is 0.971 bits per heavy atom. The minimum Gasteiger partial charge on any atom is -0.383 e. The number of amides is 2. The molecule has 6 nitrogen and oxygen atoms in total. The summed E-state index contributed by atoms with van der Waals surface area (Å²) < 4.78 is 7.42. The Kier molecular flexibility index (Phi) is 6.14. The molecule has 2 atom stereocenters. The third kappa shape index (κ3) is 4.00. The molecule has 4 aromatic rings. The Hall–Kier alpha value is -3.90. The van der Waals surface area contributed by atoms with E-state index < -0.39 is 12.0 Å². The molecule has 0 bridgehead atoms. The van der Waals surface area contributed by atoms with Gasteiger partial charge in [-0.15, -0.1) is 0 Å². The van der Waals surface area contributed by atoms with Crippen LogP contribution in [0.15, 0.2) is 79.0 Å². The van der Waals surface area contributed by atoms with E-state index in [9.17, 15) is 9.59 Å². The zero-order valence-electron chi connectivity index (χ0n) is 20.2. The second-order valence-corrected chi connectivity index (χ2v) is 9.02. The first-order chi connectivity index (χ1) is 17.0. The fraction of sp³-hybridized carbons (Fsp3) is 0.241. The molecule has 6 heteroatoms. The molecule has 0 saturated heterocycles. The average molecular weight is 468 g/mol. The number of nitrogens with zero attached hydrogens (tertiary/aromatic N) is 2. The number of aryl methyl sites for hydroxylation is 2. The van der Waals surface area contributed by atoms with Crippen LogP contribution in [-0.4, -0.2) is 41.5 Å². The molecule has 1 aromatic heterocycles. The van der Waals surface area contributed by atoms with Gasteiger partial charge in [-0.05, 0) is 36.2 Å². The van der Waals surface area contributed by atoms with E-state index in [1.165, 1.54) is 0 Å². The standard InChI is InChI=1S/C29H29N3O3/c1-19-10-4-8-14-24(19)30-28(33)26-21-12-5-6-13-22(21)29(34)32(16-17-35-3)27(26)23-18-31(2)25-15-9-7-11-20(23)25/h4-15,18,26-27H,16-17H2,1-3H3,(H,30,33). The molecule has 5 rings (SSSR count). The van der Waals surface area contributed by atoms with Crippen LogP contribution in [0.25, 0.3) is 10.9 Å². The highest BCUT2D eigenvalue weighted by atomic mass is 16.5. The molecule has 3 aromatic carbocycles. The number of carbonyl (C=O) groups is 2. The molecule has 0 fully saturated rings. The van der Waals surface area contributed by atoms with Crippen molar-refractivity contribution >= 4 is 28.4 Å². The molecule has 2 heterocycles. The van der Waals surface area contributed by atoms with Crippen LogP contribution >= 0.6 is 0 Å². The summed E-state index contributed by atoms with van der Waals surface area (Å²) >= 11 is 0. The first-order valence-electron chi connectivity index (χ1n) is 11.8. The molecule has 178 valence electrons. The van der Waals surface area contributed by atoms with Gasteiger partial charge in [0.2, 0.25) is 5.91 Å². The second kappa shape index (κ2) is 9.39. The van der Waals surface area contributed by atoms with Crippen LogP contribution in [0.5, 0.6) is 0 Å². The fourth-order valence-electron chi connectivity index (χ4n) is 5.19. The Morgan fingerprint density at radius 3 is 2.49 bits per heavy atom. The number of hydrogen-bond donors (Lipinski definition) is 1. The van der Waals surface area contributed by atoms with E-state index in [0.717, 1.165) is 33.3 Å². The van der Waals surface area contributed by atoms with E-state index in [4.69, 9.17) is 4.74 Å². The SMILES string of the molecule is COCCN1C(=O)c2ccccc2C(C(=O)Nc2ccccc2C)C1c1cn(C)c2ccccc12.